The van der Waals surface area contributed by atoms with E-state index in [0.29, 0.717) is 10.6 Å². The van der Waals surface area contributed by atoms with Gasteiger partial charge in [0.05, 0.1) is 4.88 Å². The van der Waals surface area contributed by atoms with Crippen molar-refractivity contribution in [1.82, 2.24) is 20.6 Å². The summed E-state index contributed by atoms with van der Waals surface area (Å²) in [6.45, 7) is 0. The van der Waals surface area contributed by atoms with E-state index in [2.05, 4.69) is 16.0 Å². The lowest BCUT2D eigenvalue weighted by molar-refractivity contribution is 0.0843. The van der Waals surface area contributed by atoms with Gasteiger partial charge in [0, 0.05) is 13.2 Å². The van der Waals surface area contributed by atoms with Gasteiger partial charge in [-0.25, -0.2) is 0 Å². The number of nitrogens with zero attached hydrogens (tertiary/aromatic N) is 2. The van der Waals surface area contributed by atoms with Crippen molar-refractivity contribution in [1.29, 1.82) is 0 Å². The van der Waals surface area contributed by atoms with Gasteiger partial charge in [-0.15, -0.1) is 11.3 Å². The second-order valence-corrected chi connectivity index (χ2v) is 4.17. The highest BCUT2D eigenvalue weighted by Gasteiger charge is 2.11. The second-order valence-electron chi connectivity index (χ2n) is 3.23. The van der Waals surface area contributed by atoms with E-state index in [1.165, 1.54) is 22.2 Å². The van der Waals surface area contributed by atoms with E-state index in [4.69, 9.17) is 0 Å². The zero-order chi connectivity index (χ0) is 12.3. The average Bonchev–Trinajstić information content (AvgIpc) is 2.95. The van der Waals surface area contributed by atoms with Crippen molar-refractivity contribution < 1.29 is 9.59 Å². The summed E-state index contributed by atoms with van der Waals surface area (Å²) in [7, 11) is 1.65. The number of carbonyl (C=O) groups is 2. The van der Waals surface area contributed by atoms with Gasteiger partial charge in [-0.1, -0.05) is 6.07 Å². The Kier molecular flexibility index (Phi) is 3.20. The van der Waals surface area contributed by atoms with E-state index in [0.717, 1.165) is 0 Å². The van der Waals surface area contributed by atoms with Crippen LogP contribution in [0.5, 0.6) is 0 Å². The maximum atomic E-state index is 11.6. The van der Waals surface area contributed by atoms with E-state index < -0.39 is 5.91 Å². The van der Waals surface area contributed by atoms with Gasteiger partial charge in [0.2, 0.25) is 0 Å². The van der Waals surface area contributed by atoms with Crippen LogP contribution in [0.4, 0.5) is 0 Å². The number of nitrogens with one attached hydrogen (secondary N) is 2. The minimum Gasteiger partial charge on any atom is -0.266 e. The lowest BCUT2D eigenvalue weighted by Crippen LogP contribution is -2.42. The van der Waals surface area contributed by atoms with Crippen LogP contribution in [0.25, 0.3) is 0 Å². The van der Waals surface area contributed by atoms with Gasteiger partial charge in [0.25, 0.3) is 11.8 Å². The molecule has 0 radical (unpaired) electrons. The van der Waals surface area contributed by atoms with Gasteiger partial charge in [0.15, 0.2) is 0 Å². The summed E-state index contributed by atoms with van der Waals surface area (Å²) in [5, 5.41) is 5.65. The molecule has 0 saturated carbocycles. The molecule has 0 aliphatic carbocycles. The highest BCUT2D eigenvalue weighted by Crippen LogP contribution is 2.07. The van der Waals surface area contributed by atoms with Gasteiger partial charge >= 0.3 is 0 Å². The van der Waals surface area contributed by atoms with Crippen LogP contribution in [-0.2, 0) is 7.05 Å². The molecule has 0 unspecified atom stereocenters. The Morgan fingerprint density at radius 2 is 2.06 bits per heavy atom. The van der Waals surface area contributed by atoms with Crippen LogP contribution in [0.2, 0.25) is 0 Å². The molecule has 0 spiro atoms. The van der Waals surface area contributed by atoms with Crippen molar-refractivity contribution in [2.45, 2.75) is 0 Å². The molecule has 7 heteroatoms. The molecule has 0 saturated heterocycles. The van der Waals surface area contributed by atoms with Crippen LogP contribution in [0.3, 0.4) is 0 Å². The van der Waals surface area contributed by atoms with Crippen molar-refractivity contribution in [3.05, 3.63) is 40.3 Å². The standard InChI is InChI=1S/C10H10N4O2S/c1-14-7(4-5-11-14)9(15)12-13-10(16)8-3-2-6-17-8/h2-6H,1H3,(H,12,15)(H,13,16). The van der Waals surface area contributed by atoms with Crippen LogP contribution in [0.1, 0.15) is 20.2 Å². The molecule has 0 aliphatic heterocycles. The lowest BCUT2D eigenvalue weighted by atomic mass is 10.4. The highest BCUT2D eigenvalue weighted by molar-refractivity contribution is 7.12. The third kappa shape index (κ3) is 2.51. The van der Waals surface area contributed by atoms with Gasteiger partial charge < -0.3 is 0 Å². The summed E-state index contributed by atoms with van der Waals surface area (Å²) in [5.41, 5.74) is 5.02. The maximum absolute atomic E-state index is 11.6. The normalized spacial score (nSPS) is 9.94. The number of rotatable bonds is 2. The Labute approximate surface area is 101 Å². The molecule has 2 heterocycles. The fraction of sp³-hybridized carbons (Fsp3) is 0.100. The van der Waals surface area contributed by atoms with Crippen LogP contribution in [0.15, 0.2) is 29.8 Å². The van der Waals surface area contributed by atoms with Crippen LogP contribution in [0, 0.1) is 0 Å². The molecule has 2 amide bonds. The molecule has 88 valence electrons. The van der Waals surface area contributed by atoms with E-state index in [9.17, 15) is 9.59 Å². The molecule has 2 aromatic heterocycles. The molecule has 0 aromatic carbocycles. The first-order valence-corrected chi connectivity index (χ1v) is 5.68. The fourth-order valence-corrected chi connectivity index (χ4v) is 1.86. The quantitative estimate of drug-likeness (QED) is 0.764. The molecule has 0 bridgehead atoms. The lowest BCUT2D eigenvalue weighted by Gasteiger charge is -2.05. The summed E-state index contributed by atoms with van der Waals surface area (Å²) in [5.74, 6) is -0.745. The Morgan fingerprint density at radius 1 is 1.29 bits per heavy atom. The van der Waals surface area contributed by atoms with Crippen molar-refractivity contribution >= 4 is 23.2 Å². The third-order valence-corrected chi connectivity index (χ3v) is 2.96. The number of hydrazine groups is 1. The zero-order valence-corrected chi connectivity index (χ0v) is 9.82. The Hall–Kier alpha value is -2.15. The van der Waals surface area contributed by atoms with Crippen LogP contribution >= 0.6 is 11.3 Å². The van der Waals surface area contributed by atoms with E-state index >= 15 is 0 Å². The zero-order valence-electron chi connectivity index (χ0n) is 9.01. The number of amides is 2. The minimum absolute atomic E-state index is 0.337. The average molecular weight is 250 g/mol. The summed E-state index contributed by atoms with van der Waals surface area (Å²) >= 11 is 1.30. The summed E-state index contributed by atoms with van der Waals surface area (Å²) in [6.07, 6.45) is 1.51. The Balaban J connectivity index is 1.93. The second kappa shape index (κ2) is 4.79. The molecule has 6 nitrogen and oxygen atoms in total. The number of aryl methyl sites for hydroxylation is 1. The van der Waals surface area contributed by atoms with Gasteiger partial charge in [-0.3, -0.25) is 25.1 Å². The summed E-state index contributed by atoms with van der Waals surface area (Å²) in [4.78, 5) is 23.7. The first-order chi connectivity index (χ1) is 8.18. The molecule has 2 N–H and O–H groups in total. The molecular weight excluding hydrogens is 240 g/mol. The van der Waals surface area contributed by atoms with Crippen molar-refractivity contribution in [3.63, 3.8) is 0 Å². The molecule has 17 heavy (non-hydrogen) atoms. The highest BCUT2D eigenvalue weighted by atomic mass is 32.1. The van der Waals surface area contributed by atoms with Crippen molar-refractivity contribution in [2.24, 2.45) is 7.05 Å². The Morgan fingerprint density at radius 3 is 2.65 bits per heavy atom. The van der Waals surface area contributed by atoms with Crippen molar-refractivity contribution in [3.8, 4) is 0 Å². The maximum Gasteiger partial charge on any atom is 0.287 e. The molecule has 0 aliphatic rings. The topological polar surface area (TPSA) is 76.0 Å². The van der Waals surface area contributed by atoms with Gasteiger partial charge in [-0.2, -0.15) is 5.10 Å². The largest absolute Gasteiger partial charge is 0.287 e. The first kappa shape index (κ1) is 11.3. The predicted molar refractivity (Wildman–Crippen MR) is 62.5 cm³/mol. The van der Waals surface area contributed by atoms with E-state index in [-0.39, 0.29) is 5.91 Å². The predicted octanol–water partition coefficient (Wildman–Crippen LogP) is 0.556. The van der Waals surface area contributed by atoms with Crippen molar-refractivity contribution in [2.75, 3.05) is 0 Å². The number of aromatic nitrogens is 2. The first-order valence-electron chi connectivity index (χ1n) is 4.80. The molecule has 2 aromatic rings. The van der Waals surface area contributed by atoms with E-state index in [1.807, 2.05) is 0 Å². The van der Waals surface area contributed by atoms with E-state index in [1.54, 1.807) is 30.6 Å². The number of hydrogen-bond acceptors (Lipinski definition) is 4. The van der Waals surface area contributed by atoms with Gasteiger partial charge in [-0.05, 0) is 17.5 Å². The fourth-order valence-electron chi connectivity index (χ4n) is 1.24. The Bertz CT molecular complexity index is 532. The number of thiophene rings is 1. The molecule has 0 fully saturated rings. The number of carbonyl (C=O) groups excluding carboxylic acids is 2. The summed E-state index contributed by atoms with van der Waals surface area (Å²) < 4.78 is 1.42. The smallest absolute Gasteiger partial charge is 0.266 e. The molecule has 2 rings (SSSR count). The van der Waals surface area contributed by atoms with Crippen LogP contribution < -0.4 is 10.9 Å². The van der Waals surface area contributed by atoms with Crippen LogP contribution in [-0.4, -0.2) is 21.6 Å². The number of hydrogen-bond donors (Lipinski definition) is 2. The molecule has 0 atom stereocenters. The summed E-state index contributed by atoms with van der Waals surface area (Å²) in [6, 6.07) is 5.01. The SMILES string of the molecule is Cn1nccc1C(=O)NNC(=O)c1cccs1. The molecular formula is C10H10N4O2S. The minimum atomic E-state index is -0.407. The monoisotopic (exact) mass is 250 g/mol. The van der Waals surface area contributed by atoms with Gasteiger partial charge in [0.1, 0.15) is 5.69 Å². The third-order valence-electron chi connectivity index (χ3n) is 2.09.